The Hall–Kier alpha value is -4.14. The SMILES string of the molecule is Cc1cc2c(c(=O)n1-c1ccc(F)cc1)C1(O)C(=O)c3ccccc3C1(O)N2c1ccc(F)cc1. The third-order valence-electron chi connectivity index (χ3n) is 6.85. The molecule has 8 heteroatoms. The summed E-state index contributed by atoms with van der Waals surface area (Å²) in [5.74, 6) is -1.83. The van der Waals surface area contributed by atoms with Gasteiger partial charge in [0, 0.05) is 28.2 Å². The van der Waals surface area contributed by atoms with Gasteiger partial charge in [0.25, 0.3) is 5.56 Å². The van der Waals surface area contributed by atoms with Crippen molar-refractivity contribution in [1.29, 1.82) is 0 Å². The van der Waals surface area contributed by atoms with Gasteiger partial charge in [-0.3, -0.25) is 14.2 Å². The Kier molecular flexibility index (Phi) is 4.24. The van der Waals surface area contributed by atoms with Crippen molar-refractivity contribution in [3.63, 3.8) is 0 Å². The second-order valence-corrected chi connectivity index (χ2v) is 8.73. The van der Waals surface area contributed by atoms with Crippen LogP contribution in [0.3, 0.4) is 0 Å². The average Bonchev–Trinajstić information content (AvgIpc) is 3.15. The Balaban J connectivity index is 1.73. The minimum absolute atomic E-state index is 0.0727. The van der Waals surface area contributed by atoms with E-state index in [2.05, 4.69) is 0 Å². The number of carbonyl (C=O) groups is 1. The van der Waals surface area contributed by atoms with E-state index in [1.54, 1.807) is 25.1 Å². The fourth-order valence-electron chi connectivity index (χ4n) is 5.34. The highest BCUT2D eigenvalue weighted by Gasteiger charge is 2.72. The van der Waals surface area contributed by atoms with Crippen LogP contribution in [0.5, 0.6) is 0 Å². The Bertz CT molecular complexity index is 1600. The molecule has 35 heavy (non-hydrogen) atoms. The maximum absolute atomic E-state index is 13.9. The molecule has 2 heterocycles. The second kappa shape index (κ2) is 6.94. The van der Waals surface area contributed by atoms with E-state index >= 15 is 0 Å². The number of carbonyl (C=O) groups excluding carboxylic acids is 1. The number of aromatic nitrogens is 1. The summed E-state index contributed by atoms with van der Waals surface area (Å²) in [6.07, 6.45) is 0. The van der Waals surface area contributed by atoms with Crippen molar-refractivity contribution in [2.24, 2.45) is 0 Å². The molecular formula is C27H18F2N2O4. The van der Waals surface area contributed by atoms with Gasteiger partial charge in [0.05, 0.1) is 11.3 Å². The highest BCUT2D eigenvalue weighted by molar-refractivity contribution is 6.12. The number of hydrogen-bond acceptors (Lipinski definition) is 5. The predicted octanol–water partition coefficient (Wildman–Crippen LogP) is 3.81. The molecular weight excluding hydrogens is 454 g/mol. The lowest BCUT2D eigenvalue weighted by Crippen LogP contribution is -2.54. The van der Waals surface area contributed by atoms with Gasteiger partial charge in [-0.15, -0.1) is 0 Å². The molecule has 0 bridgehead atoms. The minimum atomic E-state index is -2.65. The zero-order valence-corrected chi connectivity index (χ0v) is 18.4. The number of aliphatic hydroxyl groups is 2. The Labute approximate surface area is 197 Å². The lowest BCUT2D eigenvalue weighted by atomic mass is 9.86. The first-order chi connectivity index (χ1) is 16.7. The summed E-state index contributed by atoms with van der Waals surface area (Å²) in [4.78, 5) is 28.9. The van der Waals surface area contributed by atoms with E-state index in [4.69, 9.17) is 0 Å². The van der Waals surface area contributed by atoms with Gasteiger partial charge in [0.1, 0.15) is 11.6 Å². The zero-order chi connectivity index (χ0) is 24.7. The number of pyridine rings is 1. The number of rotatable bonds is 2. The Morgan fingerprint density at radius 2 is 1.37 bits per heavy atom. The highest BCUT2D eigenvalue weighted by Crippen LogP contribution is 2.61. The lowest BCUT2D eigenvalue weighted by molar-refractivity contribution is -0.113. The molecule has 6 nitrogen and oxygen atoms in total. The molecule has 1 aliphatic carbocycles. The van der Waals surface area contributed by atoms with Crippen molar-refractivity contribution in [3.05, 3.63) is 123 Å². The number of anilines is 2. The smallest absolute Gasteiger partial charge is 0.264 e. The molecule has 0 saturated heterocycles. The predicted molar refractivity (Wildman–Crippen MR) is 124 cm³/mol. The normalized spacial score (nSPS) is 22.2. The molecule has 3 aromatic carbocycles. The van der Waals surface area contributed by atoms with Crippen molar-refractivity contribution >= 4 is 17.2 Å². The Morgan fingerprint density at radius 1 is 0.800 bits per heavy atom. The van der Waals surface area contributed by atoms with Gasteiger partial charge in [0.2, 0.25) is 17.1 Å². The van der Waals surface area contributed by atoms with Crippen LogP contribution in [0.4, 0.5) is 20.2 Å². The molecule has 2 N–H and O–H groups in total. The van der Waals surface area contributed by atoms with Crippen LogP contribution < -0.4 is 10.5 Å². The molecule has 2 aliphatic rings. The number of nitrogens with zero attached hydrogens (tertiary/aromatic N) is 2. The molecule has 1 aromatic heterocycles. The molecule has 0 spiro atoms. The quantitative estimate of drug-likeness (QED) is 0.464. The average molecular weight is 472 g/mol. The maximum atomic E-state index is 13.9. The number of benzene rings is 3. The summed E-state index contributed by atoms with van der Waals surface area (Å²) in [6.45, 7) is 1.64. The number of ketones is 1. The topological polar surface area (TPSA) is 82.8 Å². The third-order valence-corrected chi connectivity index (χ3v) is 6.85. The van der Waals surface area contributed by atoms with Crippen molar-refractivity contribution in [3.8, 4) is 5.69 Å². The van der Waals surface area contributed by atoms with E-state index in [0.29, 0.717) is 11.4 Å². The molecule has 0 amide bonds. The molecule has 0 saturated carbocycles. The van der Waals surface area contributed by atoms with Gasteiger partial charge < -0.3 is 15.1 Å². The van der Waals surface area contributed by atoms with Crippen molar-refractivity contribution in [1.82, 2.24) is 4.57 Å². The number of aryl methyl sites for hydroxylation is 1. The number of halogens is 2. The number of fused-ring (bicyclic) bond motifs is 5. The van der Waals surface area contributed by atoms with Crippen LogP contribution in [0.15, 0.2) is 83.7 Å². The van der Waals surface area contributed by atoms with Crippen LogP contribution in [0.1, 0.15) is 27.2 Å². The van der Waals surface area contributed by atoms with E-state index < -0.39 is 34.3 Å². The Morgan fingerprint density at radius 3 is 2.00 bits per heavy atom. The highest BCUT2D eigenvalue weighted by atomic mass is 19.1. The summed E-state index contributed by atoms with van der Waals surface area (Å²) in [5.41, 5.74) is -4.74. The standard InChI is InChI=1S/C27H18F2N2O4/c1-15-14-22-23(25(33)30(15)18-10-6-16(28)7-11-18)26(34)24(32)20-4-2-3-5-21(20)27(26,35)31(22)19-12-8-17(29)9-13-19/h2-14,34-35H,1H3. The van der Waals surface area contributed by atoms with E-state index in [0.717, 1.165) is 0 Å². The third kappa shape index (κ3) is 2.52. The molecule has 174 valence electrons. The minimum Gasteiger partial charge on any atom is -0.372 e. The van der Waals surface area contributed by atoms with Gasteiger partial charge in [-0.2, -0.15) is 0 Å². The second-order valence-electron chi connectivity index (χ2n) is 8.73. The fraction of sp³-hybridized carbons (Fsp3) is 0.111. The molecule has 0 fully saturated rings. The van der Waals surface area contributed by atoms with Gasteiger partial charge >= 0.3 is 0 Å². The van der Waals surface area contributed by atoms with Gasteiger partial charge in [-0.1, -0.05) is 24.3 Å². The summed E-state index contributed by atoms with van der Waals surface area (Å²) in [7, 11) is 0. The summed E-state index contributed by atoms with van der Waals surface area (Å²) < 4.78 is 28.5. The van der Waals surface area contributed by atoms with Crippen LogP contribution >= 0.6 is 0 Å². The maximum Gasteiger partial charge on any atom is 0.264 e. The van der Waals surface area contributed by atoms with Crippen molar-refractivity contribution < 1.29 is 23.8 Å². The van der Waals surface area contributed by atoms with E-state index in [1.807, 2.05) is 0 Å². The van der Waals surface area contributed by atoms with Crippen LogP contribution in [0, 0.1) is 18.6 Å². The van der Waals surface area contributed by atoms with Crippen LogP contribution in [0.2, 0.25) is 0 Å². The first kappa shape index (κ1) is 21.4. The first-order valence-corrected chi connectivity index (χ1v) is 10.9. The summed E-state index contributed by atoms with van der Waals surface area (Å²) >= 11 is 0. The fourth-order valence-corrected chi connectivity index (χ4v) is 5.34. The molecule has 4 aromatic rings. The molecule has 1 aliphatic heterocycles. The van der Waals surface area contributed by atoms with Crippen LogP contribution in [0.25, 0.3) is 5.69 Å². The number of Topliss-reactive ketones (excluding diaryl/α,β-unsaturated/α-hetero) is 1. The van der Waals surface area contributed by atoms with Gasteiger partial charge in [0.15, 0.2) is 0 Å². The summed E-state index contributed by atoms with van der Waals surface area (Å²) in [5, 5.41) is 24.2. The van der Waals surface area contributed by atoms with E-state index in [-0.39, 0.29) is 28.1 Å². The molecule has 2 unspecified atom stereocenters. The zero-order valence-electron chi connectivity index (χ0n) is 18.4. The van der Waals surface area contributed by atoms with Gasteiger partial charge in [-0.05, 0) is 61.5 Å². The van der Waals surface area contributed by atoms with Crippen molar-refractivity contribution in [2.75, 3.05) is 4.90 Å². The summed E-state index contributed by atoms with van der Waals surface area (Å²) in [6, 6.07) is 18.1. The van der Waals surface area contributed by atoms with Crippen molar-refractivity contribution in [2.45, 2.75) is 18.2 Å². The van der Waals surface area contributed by atoms with E-state index in [9.17, 15) is 28.6 Å². The van der Waals surface area contributed by atoms with Crippen LogP contribution in [-0.2, 0) is 11.3 Å². The number of hydrogen-bond donors (Lipinski definition) is 2. The lowest BCUT2D eigenvalue weighted by Gasteiger charge is -2.38. The van der Waals surface area contributed by atoms with E-state index in [1.165, 1.54) is 70.1 Å². The largest absolute Gasteiger partial charge is 0.372 e. The monoisotopic (exact) mass is 472 g/mol. The molecule has 2 atom stereocenters. The molecule has 6 rings (SSSR count). The first-order valence-electron chi connectivity index (χ1n) is 10.9. The molecule has 0 radical (unpaired) electrons. The van der Waals surface area contributed by atoms with Gasteiger partial charge in [-0.25, -0.2) is 8.78 Å². The van der Waals surface area contributed by atoms with Crippen LogP contribution in [-0.4, -0.2) is 20.6 Å².